The standard InChI is InChI=1S/C18H24FNO3/c1-18(2,3)23-17(22)20-13-8-9-15(20)16(21)14(10-13)11-4-6-12(19)7-5-11/h4-7,13-16,21H,8-10H2,1-3H3. The van der Waals surface area contributed by atoms with Gasteiger partial charge in [-0.1, -0.05) is 12.1 Å². The van der Waals surface area contributed by atoms with Crippen LogP contribution in [0.15, 0.2) is 24.3 Å². The van der Waals surface area contributed by atoms with E-state index in [1.165, 1.54) is 12.1 Å². The summed E-state index contributed by atoms with van der Waals surface area (Å²) in [5.74, 6) is -0.343. The van der Waals surface area contributed by atoms with E-state index in [9.17, 15) is 14.3 Å². The third kappa shape index (κ3) is 3.20. The summed E-state index contributed by atoms with van der Waals surface area (Å²) >= 11 is 0. The number of carbonyl (C=O) groups excluding carboxylic acids is 1. The van der Waals surface area contributed by atoms with Crippen LogP contribution in [0.3, 0.4) is 0 Å². The molecule has 23 heavy (non-hydrogen) atoms. The predicted molar refractivity (Wildman–Crippen MR) is 84.6 cm³/mol. The first-order chi connectivity index (χ1) is 10.8. The molecule has 1 N–H and O–H groups in total. The summed E-state index contributed by atoms with van der Waals surface area (Å²) in [6.07, 6.45) is 1.34. The average molecular weight is 321 g/mol. The molecular weight excluding hydrogens is 297 g/mol. The van der Waals surface area contributed by atoms with Crippen LogP contribution in [0.1, 0.15) is 51.5 Å². The lowest BCUT2D eigenvalue weighted by molar-refractivity contribution is -0.0301. The van der Waals surface area contributed by atoms with Crippen LogP contribution in [0, 0.1) is 5.82 Å². The van der Waals surface area contributed by atoms with Crippen molar-refractivity contribution in [1.29, 1.82) is 0 Å². The zero-order chi connectivity index (χ0) is 16.8. The van der Waals surface area contributed by atoms with Crippen LogP contribution in [0.2, 0.25) is 0 Å². The number of fused-ring (bicyclic) bond motifs is 2. The Hall–Kier alpha value is -1.62. The van der Waals surface area contributed by atoms with Gasteiger partial charge in [0.25, 0.3) is 0 Å². The van der Waals surface area contributed by atoms with E-state index in [-0.39, 0.29) is 29.9 Å². The SMILES string of the molecule is CC(C)(C)OC(=O)N1C2CCC1C(O)C(c1ccc(F)cc1)C2. The summed E-state index contributed by atoms with van der Waals surface area (Å²) in [7, 11) is 0. The number of hydrogen-bond acceptors (Lipinski definition) is 3. The van der Waals surface area contributed by atoms with Crippen LogP contribution >= 0.6 is 0 Å². The summed E-state index contributed by atoms with van der Waals surface area (Å²) in [6.45, 7) is 5.53. The molecule has 4 nitrogen and oxygen atoms in total. The van der Waals surface area contributed by atoms with Crippen molar-refractivity contribution in [1.82, 2.24) is 4.90 Å². The van der Waals surface area contributed by atoms with Gasteiger partial charge in [-0.15, -0.1) is 0 Å². The van der Waals surface area contributed by atoms with E-state index >= 15 is 0 Å². The van der Waals surface area contributed by atoms with Crippen LogP contribution < -0.4 is 0 Å². The summed E-state index contributed by atoms with van der Waals surface area (Å²) in [4.78, 5) is 14.2. The molecule has 0 aliphatic carbocycles. The molecule has 2 aliphatic heterocycles. The number of hydrogen-bond donors (Lipinski definition) is 1. The molecule has 2 fully saturated rings. The first-order valence-electron chi connectivity index (χ1n) is 8.21. The number of piperidine rings is 1. The summed E-state index contributed by atoms with van der Waals surface area (Å²) in [6, 6.07) is 6.15. The Kier molecular flexibility index (Phi) is 4.08. The molecule has 1 aromatic carbocycles. The lowest BCUT2D eigenvalue weighted by atomic mass is 9.83. The van der Waals surface area contributed by atoms with Crippen LogP contribution in [0.25, 0.3) is 0 Å². The number of amides is 1. The molecule has 1 aromatic rings. The highest BCUT2D eigenvalue weighted by molar-refractivity contribution is 5.70. The number of nitrogens with zero attached hydrogens (tertiary/aromatic N) is 1. The molecule has 0 aromatic heterocycles. The number of benzene rings is 1. The minimum absolute atomic E-state index is 0.0632. The van der Waals surface area contributed by atoms with E-state index in [2.05, 4.69) is 0 Å². The maximum absolute atomic E-state index is 13.1. The monoisotopic (exact) mass is 321 g/mol. The largest absolute Gasteiger partial charge is 0.444 e. The number of aliphatic hydroxyl groups excluding tert-OH is 1. The molecular formula is C18H24FNO3. The van der Waals surface area contributed by atoms with Crippen molar-refractivity contribution < 1.29 is 19.0 Å². The fourth-order valence-corrected chi connectivity index (χ4v) is 3.82. The lowest BCUT2D eigenvalue weighted by Gasteiger charge is -2.42. The third-order valence-electron chi connectivity index (χ3n) is 4.78. The van der Waals surface area contributed by atoms with Crippen molar-refractivity contribution in [2.45, 2.75) is 69.7 Å². The van der Waals surface area contributed by atoms with Gasteiger partial charge in [0.15, 0.2) is 0 Å². The molecule has 4 atom stereocenters. The number of carbonyl (C=O) groups is 1. The minimum atomic E-state index is -0.647. The Bertz CT molecular complexity index is 581. The highest BCUT2D eigenvalue weighted by Gasteiger charge is 2.50. The smallest absolute Gasteiger partial charge is 0.410 e. The molecule has 2 bridgehead atoms. The Morgan fingerprint density at radius 3 is 2.52 bits per heavy atom. The predicted octanol–water partition coefficient (Wildman–Crippen LogP) is 3.44. The molecule has 0 saturated carbocycles. The minimum Gasteiger partial charge on any atom is -0.444 e. The molecule has 4 unspecified atom stereocenters. The van der Waals surface area contributed by atoms with Crippen molar-refractivity contribution >= 4 is 6.09 Å². The maximum Gasteiger partial charge on any atom is 0.410 e. The van der Waals surface area contributed by atoms with E-state index < -0.39 is 11.7 Å². The van der Waals surface area contributed by atoms with E-state index in [1.807, 2.05) is 20.8 Å². The first kappa shape index (κ1) is 16.2. The molecule has 0 radical (unpaired) electrons. The highest BCUT2D eigenvalue weighted by atomic mass is 19.1. The fourth-order valence-electron chi connectivity index (χ4n) is 3.82. The van der Waals surface area contributed by atoms with Gasteiger partial charge in [0.1, 0.15) is 11.4 Å². The molecule has 3 rings (SSSR count). The maximum atomic E-state index is 13.1. The van der Waals surface area contributed by atoms with Crippen molar-refractivity contribution in [3.8, 4) is 0 Å². The van der Waals surface area contributed by atoms with Gasteiger partial charge >= 0.3 is 6.09 Å². The molecule has 2 saturated heterocycles. The number of ether oxygens (including phenoxy) is 1. The zero-order valence-corrected chi connectivity index (χ0v) is 13.8. The van der Waals surface area contributed by atoms with Crippen LogP contribution in [0.5, 0.6) is 0 Å². The molecule has 2 heterocycles. The Morgan fingerprint density at radius 1 is 1.26 bits per heavy atom. The van der Waals surface area contributed by atoms with E-state index in [1.54, 1.807) is 17.0 Å². The zero-order valence-electron chi connectivity index (χ0n) is 13.8. The number of aliphatic hydroxyl groups is 1. The van der Waals surface area contributed by atoms with E-state index in [4.69, 9.17) is 4.74 Å². The number of rotatable bonds is 1. The summed E-state index contributed by atoms with van der Waals surface area (Å²) in [5, 5.41) is 10.8. The molecule has 5 heteroatoms. The van der Waals surface area contributed by atoms with Crippen LogP contribution in [0.4, 0.5) is 9.18 Å². The Morgan fingerprint density at radius 2 is 1.91 bits per heavy atom. The van der Waals surface area contributed by atoms with Gasteiger partial charge < -0.3 is 9.84 Å². The Labute approximate surface area is 136 Å². The lowest BCUT2D eigenvalue weighted by Crippen LogP contribution is -2.54. The average Bonchev–Trinajstić information content (AvgIpc) is 2.80. The fraction of sp³-hybridized carbons (Fsp3) is 0.611. The second-order valence-electron chi connectivity index (χ2n) is 7.57. The van der Waals surface area contributed by atoms with Crippen molar-refractivity contribution in [2.24, 2.45) is 0 Å². The van der Waals surface area contributed by atoms with Crippen LogP contribution in [-0.4, -0.2) is 39.9 Å². The van der Waals surface area contributed by atoms with Gasteiger partial charge in [0.2, 0.25) is 0 Å². The van der Waals surface area contributed by atoms with Crippen molar-refractivity contribution in [3.63, 3.8) is 0 Å². The normalized spacial score (nSPS) is 30.4. The van der Waals surface area contributed by atoms with E-state index in [0.717, 1.165) is 18.4 Å². The third-order valence-corrected chi connectivity index (χ3v) is 4.78. The number of halogens is 1. The quantitative estimate of drug-likeness (QED) is 0.862. The van der Waals surface area contributed by atoms with Gasteiger partial charge in [-0.3, -0.25) is 4.90 Å². The van der Waals surface area contributed by atoms with Gasteiger partial charge in [0.05, 0.1) is 12.1 Å². The van der Waals surface area contributed by atoms with Gasteiger partial charge in [-0.2, -0.15) is 0 Å². The second kappa shape index (κ2) is 5.78. The summed E-state index contributed by atoms with van der Waals surface area (Å²) in [5.41, 5.74) is 0.384. The van der Waals surface area contributed by atoms with E-state index in [0.29, 0.717) is 6.42 Å². The van der Waals surface area contributed by atoms with Gasteiger partial charge in [-0.25, -0.2) is 9.18 Å². The van der Waals surface area contributed by atoms with Crippen LogP contribution in [-0.2, 0) is 4.74 Å². The molecule has 2 aliphatic rings. The van der Waals surface area contributed by atoms with Crippen molar-refractivity contribution in [2.75, 3.05) is 0 Å². The Balaban J connectivity index is 1.79. The van der Waals surface area contributed by atoms with Crippen molar-refractivity contribution in [3.05, 3.63) is 35.6 Å². The topological polar surface area (TPSA) is 49.8 Å². The second-order valence-corrected chi connectivity index (χ2v) is 7.57. The first-order valence-corrected chi connectivity index (χ1v) is 8.21. The molecule has 1 amide bonds. The molecule has 0 spiro atoms. The van der Waals surface area contributed by atoms with Gasteiger partial charge in [-0.05, 0) is 57.7 Å². The summed E-state index contributed by atoms with van der Waals surface area (Å²) < 4.78 is 18.6. The van der Waals surface area contributed by atoms with Gasteiger partial charge in [0, 0.05) is 12.0 Å². The highest BCUT2D eigenvalue weighted by Crippen LogP contribution is 2.43. The molecule has 126 valence electrons.